The number of rotatable bonds is 2. The van der Waals surface area contributed by atoms with Crippen LogP contribution in [0.3, 0.4) is 0 Å². The third-order valence-corrected chi connectivity index (χ3v) is 3.67. The Balaban J connectivity index is 2.15. The minimum absolute atomic E-state index is 0.122. The van der Waals surface area contributed by atoms with Crippen LogP contribution in [0.2, 0.25) is 0 Å². The summed E-state index contributed by atoms with van der Waals surface area (Å²) >= 11 is 0. The minimum atomic E-state index is -4.71. The molecule has 2 atom stereocenters. The van der Waals surface area contributed by atoms with E-state index in [2.05, 4.69) is 16.3 Å². The zero-order valence-corrected chi connectivity index (χ0v) is 11.9. The third kappa shape index (κ3) is 3.42. The molecule has 1 aromatic heterocycles. The van der Waals surface area contributed by atoms with Gasteiger partial charge in [-0.05, 0) is 19.3 Å². The SMILES string of the molecule is C#CC1(O)CCCC(NC(=O)c2cn(C)nc2C(F)(F)F)C1. The van der Waals surface area contributed by atoms with E-state index in [0.29, 0.717) is 19.3 Å². The first-order chi connectivity index (χ1) is 10.1. The average Bonchev–Trinajstić information content (AvgIpc) is 2.81. The van der Waals surface area contributed by atoms with Crippen molar-refractivity contribution < 1.29 is 23.1 Å². The standard InChI is InChI=1S/C14H16F3N3O2/c1-3-13(22)6-4-5-9(7-13)18-12(21)10-8-20(2)19-11(10)14(15,16)17/h1,8-9,22H,4-7H2,2H3,(H,18,21). The van der Waals surface area contributed by atoms with E-state index >= 15 is 0 Å². The first-order valence-corrected chi connectivity index (χ1v) is 6.76. The van der Waals surface area contributed by atoms with Crippen LogP contribution in [-0.4, -0.2) is 32.4 Å². The van der Waals surface area contributed by atoms with Crippen LogP contribution >= 0.6 is 0 Å². The lowest BCUT2D eigenvalue weighted by Crippen LogP contribution is -2.45. The number of halogens is 3. The summed E-state index contributed by atoms with van der Waals surface area (Å²) in [5.74, 6) is 1.40. The highest BCUT2D eigenvalue weighted by atomic mass is 19.4. The molecule has 1 aromatic rings. The lowest BCUT2D eigenvalue weighted by atomic mass is 9.82. The number of aryl methyl sites for hydroxylation is 1. The Morgan fingerprint density at radius 1 is 1.64 bits per heavy atom. The molecule has 8 heteroatoms. The fourth-order valence-electron chi connectivity index (χ4n) is 2.63. The Bertz CT molecular complexity index is 618. The number of carbonyl (C=O) groups is 1. The van der Waals surface area contributed by atoms with E-state index in [0.717, 1.165) is 10.9 Å². The van der Waals surface area contributed by atoms with E-state index in [1.54, 1.807) is 0 Å². The van der Waals surface area contributed by atoms with Crippen molar-refractivity contribution in [3.8, 4) is 12.3 Å². The maximum absolute atomic E-state index is 12.9. The topological polar surface area (TPSA) is 67.2 Å². The van der Waals surface area contributed by atoms with Crippen LogP contribution in [0.5, 0.6) is 0 Å². The maximum atomic E-state index is 12.9. The van der Waals surface area contributed by atoms with Crippen molar-refractivity contribution >= 4 is 5.91 Å². The van der Waals surface area contributed by atoms with Gasteiger partial charge in [-0.3, -0.25) is 9.48 Å². The molecule has 1 amide bonds. The van der Waals surface area contributed by atoms with E-state index in [9.17, 15) is 23.1 Å². The number of amides is 1. The highest BCUT2D eigenvalue weighted by molar-refractivity contribution is 5.95. The summed E-state index contributed by atoms with van der Waals surface area (Å²) in [6, 6.07) is -0.469. The first kappa shape index (κ1) is 16.4. The molecule has 1 fully saturated rings. The van der Waals surface area contributed by atoms with Gasteiger partial charge in [0.15, 0.2) is 5.69 Å². The number of carbonyl (C=O) groups excluding carboxylic acids is 1. The predicted molar refractivity (Wildman–Crippen MR) is 71.7 cm³/mol. The van der Waals surface area contributed by atoms with E-state index in [4.69, 9.17) is 6.42 Å². The molecule has 22 heavy (non-hydrogen) atoms. The molecule has 1 saturated carbocycles. The quantitative estimate of drug-likeness (QED) is 0.812. The summed E-state index contributed by atoms with van der Waals surface area (Å²) in [5, 5.41) is 15.8. The molecule has 2 N–H and O–H groups in total. The van der Waals surface area contributed by atoms with Crippen molar-refractivity contribution in [1.29, 1.82) is 0 Å². The molecule has 120 valence electrons. The Morgan fingerprint density at radius 3 is 2.91 bits per heavy atom. The highest BCUT2D eigenvalue weighted by Crippen LogP contribution is 2.31. The Hall–Kier alpha value is -2.01. The van der Waals surface area contributed by atoms with Gasteiger partial charge in [0.25, 0.3) is 5.91 Å². The fourth-order valence-corrected chi connectivity index (χ4v) is 2.63. The minimum Gasteiger partial charge on any atom is -0.378 e. The number of nitrogens with zero attached hydrogens (tertiary/aromatic N) is 2. The van der Waals surface area contributed by atoms with Crippen LogP contribution in [0.1, 0.15) is 41.7 Å². The number of alkyl halides is 3. The zero-order valence-electron chi connectivity index (χ0n) is 11.9. The highest BCUT2D eigenvalue weighted by Gasteiger charge is 2.40. The largest absolute Gasteiger partial charge is 0.435 e. The van der Waals surface area contributed by atoms with Gasteiger partial charge in [0.2, 0.25) is 0 Å². The molecular weight excluding hydrogens is 299 g/mol. The number of terminal acetylenes is 1. The van der Waals surface area contributed by atoms with Crippen molar-refractivity contribution in [2.75, 3.05) is 0 Å². The van der Waals surface area contributed by atoms with Crippen LogP contribution in [0.15, 0.2) is 6.20 Å². The summed E-state index contributed by atoms with van der Waals surface area (Å²) in [6.45, 7) is 0. The van der Waals surface area contributed by atoms with Gasteiger partial charge >= 0.3 is 6.18 Å². The summed E-state index contributed by atoms with van der Waals surface area (Å²) in [6.07, 6.45) is 3.24. The Morgan fingerprint density at radius 2 is 2.32 bits per heavy atom. The summed E-state index contributed by atoms with van der Waals surface area (Å²) in [4.78, 5) is 12.1. The number of nitrogens with one attached hydrogen (secondary N) is 1. The second-order valence-corrected chi connectivity index (χ2v) is 5.51. The second-order valence-electron chi connectivity index (χ2n) is 5.51. The molecule has 0 bridgehead atoms. The maximum Gasteiger partial charge on any atom is 0.435 e. The van der Waals surface area contributed by atoms with E-state index in [1.165, 1.54) is 7.05 Å². The van der Waals surface area contributed by atoms with Gasteiger partial charge in [-0.2, -0.15) is 18.3 Å². The van der Waals surface area contributed by atoms with Gasteiger partial charge in [-0.25, -0.2) is 0 Å². The average molecular weight is 315 g/mol. The van der Waals surface area contributed by atoms with Gasteiger partial charge in [-0.15, -0.1) is 6.42 Å². The molecule has 1 heterocycles. The summed E-state index contributed by atoms with van der Waals surface area (Å²) in [7, 11) is 1.31. The molecule has 0 aliphatic heterocycles. The number of aliphatic hydroxyl groups is 1. The van der Waals surface area contributed by atoms with Gasteiger partial charge in [0.05, 0.1) is 5.56 Å². The molecule has 0 saturated heterocycles. The monoisotopic (exact) mass is 315 g/mol. The van der Waals surface area contributed by atoms with E-state index in [-0.39, 0.29) is 6.42 Å². The lowest BCUT2D eigenvalue weighted by molar-refractivity contribution is -0.141. The molecular formula is C14H16F3N3O2. The third-order valence-electron chi connectivity index (χ3n) is 3.67. The van der Waals surface area contributed by atoms with Crippen LogP contribution in [0.25, 0.3) is 0 Å². The molecule has 0 aromatic carbocycles. The number of aromatic nitrogens is 2. The summed E-state index contributed by atoms with van der Waals surface area (Å²) in [5.41, 5.74) is -3.09. The van der Waals surface area contributed by atoms with Gasteiger partial charge in [-0.1, -0.05) is 5.92 Å². The second kappa shape index (κ2) is 5.65. The van der Waals surface area contributed by atoms with Crippen molar-refractivity contribution in [1.82, 2.24) is 15.1 Å². The van der Waals surface area contributed by atoms with Gasteiger partial charge < -0.3 is 10.4 Å². The lowest BCUT2D eigenvalue weighted by Gasteiger charge is -2.33. The van der Waals surface area contributed by atoms with Crippen LogP contribution in [0, 0.1) is 12.3 Å². The van der Waals surface area contributed by atoms with Crippen LogP contribution in [0.4, 0.5) is 13.2 Å². The molecule has 0 spiro atoms. The smallest absolute Gasteiger partial charge is 0.378 e. The van der Waals surface area contributed by atoms with Crippen molar-refractivity contribution in [2.24, 2.45) is 7.05 Å². The molecule has 2 rings (SSSR count). The number of hydrogen-bond acceptors (Lipinski definition) is 3. The fraction of sp³-hybridized carbons (Fsp3) is 0.571. The normalized spacial score (nSPS) is 25.5. The van der Waals surface area contributed by atoms with Crippen LogP contribution < -0.4 is 5.32 Å². The van der Waals surface area contributed by atoms with Crippen LogP contribution in [-0.2, 0) is 13.2 Å². The van der Waals surface area contributed by atoms with Crippen molar-refractivity contribution in [2.45, 2.75) is 43.5 Å². The number of hydrogen-bond donors (Lipinski definition) is 2. The first-order valence-electron chi connectivity index (χ1n) is 6.76. The van der Waals surface area contributed by atoms with E-state index in [1.807, 2.05) is 0 Å². The molecule has 1 aliphatic carbocycles. The Kier molecular flexibility index (Phi) is 4.20. The molecule has 5 nitrogen and oxygen atoms in total. The van der Waals surface area contributed by atoms with Crippen molar-refractivity contribution in [3.63, 3.8) is 0 Å². The Labute approximate surface area is 125 Å². The molecule has 1 aliphatic rings. The zero-order chi connectivity index (χ0) is 16.5. The van der Waals surface area contributed by atoms with Gasteiger partial charge in [0, 0.05) is 25.7 Å². The molecule has 2 unspecified atom stereocenters. The van der Waals surface area contributed by atoms with Crippen molar-refractivity contribution in [3.05, 3.63) is 17.5 Å². The molecule has 0 radical (unpaired) electrons. The van der Waals surface area contributed by atoms with E-state index < -0.39 is 35.0 Å². The predicted octanol–water partition coefficient (Wildman–Crippen LogP) is 1.48. The van der Waals surface area contributed by atoms with Gasteiger partial charge in [0.1, 0.15) is 5.60 Å². The summed E-state index contributed by atoms with van der Waals surface area (Å²) < 4.78 is 39.5.